The van der Waals surface area contributed by atoms with Crippen LogP contribution in [-0.2, 0) is 0 Å². The van der Waals surface area contributed by atoms with Crippen LogP contribution in [0.15, 0.2) is 45.3 Å². The van der Waals surface area contributed by atoms with Crippen LogP contribution in [0, 0.1) is 5.82 Å². The van der Waals surface area contributed by atoms with Gasteiger partial charge in [0.15, 0.2) is 0 Å². The van der Waals surface area contributed by atoms with Crippen molar-refractivity contribution in [2.75, 3.05) is 5.32 Å². The van der Waals surface area contributed by atoms with Crippen molar-refractivity contribution in [3.05, 3.63) is 62.3 Å². The fourth-order valence-corrected chi connectivity index (χ4v) is 2.69. The molecule has 2 aromatic carbocycles. The van der Waals surface area contributed by atoms with Gasteiger partial charge in [0, 0.05) is 10.0 Å². The topological polar surface area (TPSA) is 55.1 Å². The number of nitrogens with two attached hydrogens (primary N) is 1. The lowest BCUT2D eigenvalue weighted by Gasteiger charge is -2.11. The van der Waals surface area contributed by atoms with Crippen LogP contribution in [0.3, 0.4) is 0 Å². The number of nitrogens with one attached hydrogen (secondary N) is 1. The van der Waals surface area contributed by atoms with Crippen LogP contribution in [0.2, 0.25) is 0 Å². The van der Waals surface area contributed by atoms with E-state index in [1.165, 1.54) is 18.2 Å². The van der Waals surface area contributed by atoms with Crippen LogP contribution in [0.4, 0.5) is 10.1 Å². The second kappa shape index (κ2) is 6.64. The standard InChI is InChI=1S/C14H9Br2FN2OS/c15-7-4-5-8(13(18)21)11(6-7)19-14(20)9-2-1-3-10(17)12(9)16/h1-6H,(H2,18,21)(H,19,20). The highest BCUT2D eigenvalue weighted by Gasteiger charge is 2.15. The van der Waals surface area contributed by atoms with Gasteiger partial charge < -0.3 is 11.1 Å². The molecule has 0 bridgehead atoms. The average molecular weight is 432 g/mol. The Labute approximate surface area is 143 Å². The van der Waals surface area contributed by atoms with Gasteiger partial charge in [0.1, 0.15) is 10.8 Å². The predicted octanol–water partition coefficient (Wildman–Crippen LogP) is 4.24. The highest BCUT2D eigenvalue weighted by molar-refractivity contribution is 9.10. The molecule has 0 radical (unpaired) electrons. The molecule has 0 fully saturated rings. The van der Waals surface area contributed by atoms with Gasteiger partial charge in [-0.3, -0.25) is 4.79 Å². The molecule has 3 N–H and O–H groups in total. The van der Waals surface area contributed by atoms with Crippen LogP contribution in [0.25, 0.3) is 0 Å². The summed E-state index contributed by atoms with van der Waals surface area (Å²) in [6.45, 7) is 0. The number of rotatable bonds is 3. The molecular weight excluding hydrogens is 423 g/mol. The summed E-state index contributed by atoms with van der Waals surface area (Å²) in [7, 11) is 0. The number of amides is 1. The first-order valence-corrected chi connectivity index (χ1v) is 7.74. The summed E-state index contributed by atoms with van der Waals surface area (Å²) < 4.78 is 14.3. The lowest BCUT2D eigenvalue weighted by molar-refractivity contribution is 0.102. The molecule has 3 nitrogen and oxygen atoms in total. The Bertz CT molecular complexity index is 737. The highest BCUT2D eigenvalue weighted by Crippen LogP contribution is 2.25. The zero-order valence-corrected chi connectivity index (χ0v) is 14.5. The van der Waals surface area contributed by atoms with E-state index in [9.17, 15) is 9.18 Å². The third-order valence-electron chi connectivity index (χ3n) is 2.69. The number of benzene rings is 2. The summed E-state index contributed by atoms with van der Waals surface area (Å²) >= 11 is 11.3. The summed E-state index contributed by atoms with van der Waals surface area (Å²) in [5.74, 6) is -0.969. The Balaban J connectivity index is 2.38. The minimum Gasteiger partial charge on any atom is -0.389 e. The maximum absolute atomic E-state index is 13.5. The molecule has 0 aromatic heterocycles. The fourth-order valence-electron chi connectivity index (χ4n) is 1.70. The van der Waals surface area contributed by atoms with Gasteiger partial charge in [-0.2, -0.15) is 0 Å². The summed E-state index contributed by atoms with van der Waals surface area (Å²) in [5, 5.41) is 2.68. The largest absolute Gasteiger partial charge is 0.389 e. The smallest absolute Gasteiger partial charge is 0.256 e. The Morgan fingerprint density at radius 2 is 1.90 bits per heavy atom. The number of hydrogen-bond acceptors (Lipinski definition) is 2. The van der Waals surface area contributed by atoms with E-state index in [0.717, 1.165) is 4.47 Å². The van der Waals surface area contributed by atoms with E-state index >= 15 is 0 Å². The van der Waals surface area contributed by atoms with E-state index in [1.807, 2.05) is 0 Å². The van der Waals surface area contributed by atoms with E-state index in [-0.39, 0.29) is 15.0 Å². The summed E-state index contributed by atoms with van der Waals surface area (Å²) in [6, 6.07) is 9.39. The normalized spacial score (nSPS) is 10.2. The summed E-state index contributed by atoms with van der Waals surface area (Å²) in [5.41, 5.74) is 6.81. The second-order valence-corrected chi connectivity index (χ2v) is 6.26. The van der Waals surface area contributed by atoms with Crippen LogP contribution in [0.1, 0.15) is 15.9 Å². The molecule has 2 aromatic rings. The molecule has 0 unspecified atom stereocenters. The average Bonchev–Trinajstić information content (AvgIpc) is 2.41. The van der Waals surface area contributed by atoms with E-state index in [2.05, 4.69) is 37.2 Å². The lowest BCUT2D eigenvalue weighted by Crippen LogP contribution is -2.18. The van der Waals surface area contributed by atoms with Gasteiger partial charge in [0.2, 0.25) is 0 Å². The summed E-state index contributed by atoms with van der Waals surface area (Å²) in [4.78, 5) is 12.4. The Hall–Kier alpha value is -1.31. The molecule has 0 aliphatic rings. The highest BCUT2D eigenvalue weighted by atomic mass is 79.9. The van der Waals surface area contributed by atoms with Gasteiger partial charge >= 0.3 is 0 Å². The van der Waals surface area contributed by atoms with Crippen LogP contribution >= 0.6 is 44.1 Å². The molecule has 0 saturated carbocycles. The van der Waals surface area contributed by atoms with Gasteiger partial charge in [-0.1, -0.05) is 34.2 Å². The van der Waals surface area contributed by atoms with Crippen molar-refractivity contribution in [1.82, 2.24) is 0 Å². The molecule has 0 aliphatic heterocycles. The summed E-state index contributed by atoms with van der Waals surface area (Å²) in [6.07, 6.45) is 0. The molecule has 2 rings (SSSR count). The van der Waals surface area contributed by atoms with E-state index < -0.39 is 11.7 Å². The molecule has 7 heteroatoms. The molecule has 1 amide bonds. The van der Waals surface area contributed by atoms with Gasteiger partial charge in [-0.25, -0.2) is 4.39 Å². The molecular formula is C14H9Br2FN2OS. The maximum atomic E-state index is 13.5. The maximum Gasteiger partial charge on any atom is 0.256 e. The second-order valence-electron chi connectivity index (χ2n) is 4.11. The lowest BCUT2D eigenvalue weighted by atomic mass is 10.1. The monoisotopic (exact) mass is 430 g/mol. The first-order valence-electron chi connectivity index (χ1n) is 5.75. The molecule has 0 heterocycles. The van der Waals surface area contributed by atoms with Gasteiger partial charge in [0.25, 0.3) is 5.91 Å². The first kappa shape index (κ1) is 16.1. The van der Waals surface area contributed by atoms with E-state index in [1.54, 1.807) is 18.2 Å². The minimum atomic E-state index is -0.508. The van der Waals surface area contributed by atoms with Crippen LogP contribution in [-0.4, -0.2) is 10.9 Å². The van der Waals surface area contributed by atoms with E-state index in [4.69, 9.17) is 18.0 Å². The van der Waals surface area contributed by atoms with Gasteiger partial charge in [0.05, 0.1) is 15.7 Å². The Kier molecular flexibility index (Phi) is 5.08. The molecule has 108 valence electrons. The zero-order chi connectivity index (χ0) is 15.6. The van der Waals surface area contributed by atoms with Gasteiger partial charge in [-0.15, -0.1) is 0 Å². The van der Waals surface area contributed by atoms with Crippen molar-refractivity contribution in [2.45, 2.75) is 0 Å². The number of thiocarbonyl (C=S) groups is 1. The number of anilines is 1. The van der Waals surface area contributed by atoms with Crippen molar-refractivity contribution in [3.8, 4) is 0 Å². The van der Waals surface area contributed by atoms with Gasteiger partial charge in [-0.05, 0) is 46.3 Å². The third-order valence-corrected chi connectivity index (χ3v) is 4.21. The minimum absolute atomic E-state index is 0.106. The quantitative estimate of drug-likeness (QED) is 0.714. The fraction of sp³-hybridized carbons (Fsp3) is 0. The van der Waals surface area contributed by atoms with Crippen molar-refractivity contribution in [1.29, 1.82) is 0 Å². The Morgan fingerprint density at radius 3 is 2.57 bits per heavy atom. The van der Waals surface area contributed by atoms with Crippen molar-refractivity contribution in [2.24, 2.45) is 5.73 Å². The molecule has 0 aliphatic carbocycles. The number of carbonyl (C=O) groups excluding carboxylic acids is 1. The number of carbonyl (C=O) groups is 1. The number of halogens is 3. The zero-order valence-electron chi connectivity index (χ0n) is 10.5. The number of hydrogen-bond donors (Lipinski definition) is 2. The van der Waals surface area contributed by atoms with Crippen LogP contribution in [0.5, 0.6) is 0 Å². The third kappa shape index (κ3) is 3.66. The predicted molar refractivity (Wildman–Crippen MR) is 92.1 cm³/mol. The molecule has 0 saturated heterocycles. The SMILES string of the molecule is NC(=S)c1ccc(Br)cc1NC(=O)c1cccc(F)c1Br. The molecule has 21 heavy (non-hydrogen) atoms. The Morgan fingerprint density at radius 1 is 1.19 bits per heavy atom. The first-order chi connectivity index (χ1) is 9.90. The van der Waals surface area contributed by atoms with Crippen molar-refractivity contribution >= 4 is 60.7 Å². The van der Waals surface area contributed by atoms with E-state index in [0.29, 0.717) is 11.3 Å². The molecule has 0 spiro atoms. The van der Waals surface area contributed by atoms with Crippen LogP contribution < -0.4 is 11.1 Å². The van der Waals surface area contributed by atoms with Crippen molar-refractivity contribution in [3.63, 3.8) is 0 Å². The molecule has 0 atom stereocenters. The van der Waals surface area contributed by atoms with Crippen molar-refractivity contribution < 1.29 is 9.18 Å².